The minimum atomic E-state index is -1.95. The van der Waals surface area contributed by atoms with Crippen molar-refractivity contribution in [3.63, 3.8) is 0 Å². The smallest absolute Gasteiger partial charge is 0.218 e. The number of carbonyl (C=O) groups excluding carboxylic acids is 1. The molecule has 0 unspecified atom stereocenters. The Labute approximate surface area is 88.1 Å². The molecule has 4 heteroatoms. The lowest BCUT2D eigenvalue weighted by atomic mass is 10.1. The molecule has 0 aliphatic carbocycles. The first kappa shape index (κ1) is 11.7. The Kier molecular flexibility index (Phi) is 4.27. The van der Waals surface area contributed by atoms with Gasteiger partial charge in [0.15, 0.2) is 0 Å². The molecule has 0 radical (unpaired) electrons. The number of hydrogen-bond donors (Lipinski definition) is 2. The molecule has 0 heterocycles. The third kappa shape index (κ3) is 3.34. The molecule has 0 saturated heterocycles. The van der Waals surface area contributed by atoms with Crippen LogP contribution >= 0.6 is 0 Å². The van der Waals surface area contributed by atoms with E-state index in [4.69, 9.17) is 14.9 Å². The number of hydrogen-bond acceptors (Lipinski definition) is 4. The number of benzene rings is 1. The van der Waals surface area contributed by atoms with Gasteiger partial charge in [-0.05, 0) is 30.7 Å². The highest BCUT2D eigenvalue weighted by molar-refractivity contribution is 5.98. The summed E-state index contributed by atoms with van der Waals surface area (Å²) in [5, 5.41) is 17.3. The summed E-state index contributed by atoms with van der Waals surface area (Å²) < 4.78 is 5.31. The Morgan fingerprint density at radius 3 is 2.40 bits per heavy atom. The molecule has 15 heavy (non-hydrogen) atoms. The van der Waals surface area contributed by atoms with Crippen molar-refractivity contribution in [2.24, 2.45) is 0 Å². The van der Waals surface area contributed by atoms with E-state index in [0.717, 1.165) is 6.42 Å². The summed E-state index contributed by atoms with van der Waals surface area (Å²) >= 11 is 0. The van der Waals surface area contributed by atoms with Crippen molar-refractivity contribution in [1.82, 2.24) is 0 Å². The molecule has 0 aromatic heterocycles. The van der Waals surface area contributed by atoms with E-state index in [9.17, 15) is 4.79 Å². The predicted octanol–water partition coefficient (Wildman–Crippen LogP) is 0.969. The number of ether oxygens (including phenoxy) is 1. The van der Waals surface area contributed by atoms with Crippen LogP contribution in [0.1, 0.15) is 23.7 Å². The van der Waals surface area contributed by atoms with E-state index in [1.807, 2.05) is 6.92 Å². The summed E-state index contributed by atoms with van der Waals surface area (Å²) in [4.78, 5) is 11.1. The zero-order valence-corrected chi connectivity index (χ0v) is 8.51. The number of carbonyl (C=O) groups is 1. The largest absolute Gasteiger partial charge is 0.494 e. The minimum absolute atomic E-state index is 0.258. The molecule has 0 bridgehead atoms. The van der Waals surface area contributed by atoms with Gasteiger partial charge in [0.2, 0.25) is 12.1 Å². The van der Waals surface area contributed by atoms with E-state index in [1.165, 1.54) is 12.1 Å². The van der Waals surface area contributed by atoms with E-state index in [-0.39, 0.29) is 5.56 Å². The van der Waals surface area contributed by atoms with Crippen molar-refractivity contribution in [3.8, 4) is 5.75 Å². The van der Waals surface area contributed by atoms with Crippen molar-refractivity contribution in [3.05, 3.63) is 29.8 Å². The topological polar surface area (TPSA) is 66.8 Å². The first-order valence-electron chi connectivity index (χ1n) is 4.78. The van der Waals surface area contributed by atoms with E-state index < -0.39 is 12.1 Å². The molecule has 2 N–H and O–H groups in total. The molecule has 0 aliphatic rings. The molecule has 0 fully saturated rings. The first-order chi connectivity index (χ1) is 7.15. The second-order valence-electron chi connectivity index (χ2n) is 3.11. The maximum absolute atomic E-state index is 11.1. The van der Waals surface area contributed by atoms with Crippen molar-refractivity contribution >= 4 is 5.78 Å². The van der Waals surface area contributed by atoms with E-state index in [0.29, 0.717) is 12.4 Å². The van der Waals surface area contributed by atoms with Crippen LogP contribution in [0, 0.1) is 0 Å². The molecule has 1 aromatic carbocycles. The molecular weight excluding hydrogens is 196 g/mol. The Morgan fingerprint density at radius 2 is 1.93 bits per heavy atom. The Bertz CT molecular complexity index is 316. The molecule has 1 rings (SSSR count). The summed E-state index contributed by atoms with van der Waals surface area (Å²) in [5.41, 5.74) is 0.258. The molecule has 82 valence electrons. The van der Waals surface area contributed by atoms with Crippen LogP contribution in [0.4, 0.5) is 0 Å². The summed E-state index contributed by atoms with van der Waals surface area (Å²) in [5.74, 6) is -0.0436. The van der Waals surface area contributed by atoms with E-state index >= 15 is 0 Å². The van der Waals surface area contributed by atoms with Gasteiger partial charge in [0, 0.05) is 5.56 Å². The van der Waals surface area contributed by atoms with Crippen molar-refractivity contribution in [2.75, 3.05) is 6.61 Å². The van der Waals surface area contributed by atoms with Crippen molar-refractivity contribution in [2.45, 2.75) is 19.6 Å². The Balaban J connectivity index is 2.68. The standard InChI is InChI=1S/C11H14O4/c1-2-7-15-9-5-3-8(4-6-9)10(12)11(13)14/h3-6,11,13-14H,2,7H2,1H3. The molecule has 0 atom stereocenters. The highest BCUT2D eigenvalue weighted by Gasteiger charge is 2.13. The van der Waals surface area contributed by atoms with Gasteiger partial charge >= 0.3 is 0 Å². The zero-order chi connectivity index (χ0) is 11.3. The van der Waals surface area contributed by atoms with Crippen molar-refractivity contribution < 1.29 is 19.7 Å². The maximum Gasteiger partial charge on any atom is 0.218 e. The lowest BCUT2D eigenvalue weighted by molar-refractivity contribution is -0.0195. The number of rotatable bonds is 5. The van der Waals surface area contributed by atoms with Gasteiger partial charge in [0.1, 0.15) is 5.75 Å². The van der Waals surface area contributed by atoms with Crippen molar-refractivity contribution in [1.29, 1.82) is 0 Å². The molecule has 1 aromatic rings. The fourth-order valence-electron chi connectivity index (χ4n) is 1.08. The van der Waals surface area contributed by atoms with Crippen LogP contribution in [0.5, 0.6) is 5.75 Å². The number of aliphatic hydroxyl groups excluding tert-OH is 1. The molecule has 0 spiro atoms. The van der Waals surface area contributed by atoms with Gasteiger partial charge in [0.25, 0.3) is 0 Å². The van der Waals surface area contributed by atoms with E-state index in [1.54, 1.807) is 12.1 Å². The van der Waals surface area contributed by atoms with Gasteiger partial charge in [-0.15, -0.1) is 0 Å². The van der Waals surface area contributed by atoms with Gasteiger partial charge in [-0.3, -0.25) is 4.79 Å². The molecule has 0 amide bonds. The van der Waals surface area contributed by atoms with Crippen LogP contribution in [-0.2, 0) is 0 Å². The lowest BCUT2D eigenvalue weighted by Gasteiger charge is -2.06. The predicted molar refractivity (Wildman–Crippen MR) is 54.8 cm³/mol. The zero-order valence-electron chi connectivity index (χ0n) is 8.51. The van der Waals surface area contributed by atoms with Crippen LogP contribution in [0.15, 0.2) is 24.3 Å². The number of Topliss-reactive ketones (excluding diaryl/α,β-unsaturated/α-hetero) is 1. The summed E-state index contributed by atoms with van der Waals surface area (Å²) in [6.07, 6.45) is -1.04. The number of ketones is 1. The Hall–Kier alpha value is -1.39. The average molecular weight is 210 g/mol. The van der Waals surface area contributed by atoms with Gasteiger partial charge in [-0.25, -0.2) is 0 Å². The average Bonchev–Trinajstić information content (AvgIpc) is 2.26. The van der Waals surface area contributed by atoms with Crippen LogP contribution in [-0.4, -0.2) is 28.9 Å². The van der Waals surface area contributed by atoms with Gasteiger partial charge < -0.3 is 14.9 Å². The maximum atomic E-state index is 11.1. The minimum Gasteiger partial charge on any atom is -0.494 e. The second-order valence-corrected chi connectivity index (χ2v) is 3.11. The van der Waals surface area contributed by atoms with Gasteiger partial charge in [-0.2, -0.15) is 0 Å². The van der Waals surface area contributed by atoms with Gasteiger partial charge in [0.05, 0.1) is 6.61 Å². The van der Waals surface area contributed by atoms with Gasteiger partial charge in [-0.1, -0.05) is 6.92 Å². The third-order valence-electron chi connectivity index (χ3n) is 1.85. The highest BCUT2D eigenvalue weighted by Crippen LogP contribution is 2.13. The number of aliphatic hydroxyl groups is 2. The first-order valence-corrected chi connectivity index (χ1v) is 4.78. The fourth-order valence-corrected chi connectivity index (χ4v) is 1.08. The fraction of sp³-hybridized carbons (Fsp3) is 0.364. The monoisotopic (exact) mass is 210 g/mol. The molecule has 0 aliphatic heterocycles. The summed E-state index contributed by atoms with van der Waals surface area (Å²) in [6, 6.07) is 6.27. The molecular formula is C11H14O4. The third-order valence-corrected chi connectivity index (χ3v) is 1.85. The van der Waals surface area contributed by atoms with E-state index in [2.05, 4.69) is 0 Å². The normalized spacial score (nSPS) is 10.4. The van der Waals surface area contributed by atoms with Crippen LogP contribution in [0.2, 0.25) is 0 Å². The van der Waals surface area contributed by atoms with Crippen LogP contribution in [0.3, 0.4) is 0 Å². The Morgan fingerprint density at radius 1 is 1.33 bits per heavy atom. The molecule has 0 saturated carbocycles. The quantitative estimate of drug-likeness (QED) is 0.561. The second kappa shape index (κ2) is 5.48. The van der Waals surface area contributed by atoms with Crippen LogP contribution in [0.25, 0.3) is 0 Å². The highest BCUT2D eigenvalue weighted by atomic mass is 16.5. The van der Waals surface area contributed by atoms with Crippen LogP contribution < -0.4 is 4.74 Å². The summed E-state index contributed by atoms with van der Waals surface area (Å²) in [7, 11) is 0. The SMILES string of the molecule is CCCOc1ccc(C(=O)C(O)O)cc1. The lowest BCUT2D eigenvalue weighted by Crippen LogP contribution is -2.19. The summed E-state index contributed by atoms with van der Waals surface area (Å²) in [6.45, 7) is 2.62. The molecule has 4 nitrogen and oxygen atoms in total.